The van der Waals surface area contributed by atoms with E-state index in [2.05, 4.69) is 42.8 Å². The molecule has 1 aliphatic rings. The highest BCUT2D eigenvalue weighted by Gasteiger charge is 2.26. The topological polar surface area (TPSA) is 12.0 Å². The Labute approximate surface area is 122 Å². The SMILES string of the molecule is CCNC1c2ccccc2CCCC1CCCSC. The van der Waals surface area contributed by atoms with Crippen LogP contribution in [0.25, 0.3) is 0 Å². The summed E-state index contributed by atoms with van der Waals surface area (Å²) in [6.45, 7) is 3.30. The minimum absolute atomic E-state index is 0.575. The summed E-state index contributed by atoms with van der Waals surface area (Å²) >= 11 is 1.98. The van der Waals surface area contributed by atoms with E-state index in [0.29, 0.717) is 6.04 Å². The van der Waals surface area contributed by atoms with E-state index in [1.165, 1.54) is 37.9 Å². The molecule has 2 atom stereocenters. The third-order valence-electron chi connectivity index (χ3n) is 4.23. The van der Waals surface area contributed by atoms with E-state index >= 15 is 0 Å². The molecule has 0 fully saturated rings. The van der Waals surface area contributed by atoms with Gasteiger partial charge in [-0.05, 0) is 67.7 Å². The molecule has 2 heteroatoms. The summed E-state index contributed by atoms with van der Waals surface area (Å²) in [5, 5.41) is 3.75. The molecule has 0 amide bonds. The van der Waals surface area contributed by atoms with Crippen LogP contribution in [0, 0.1) is 5.92 Å². The van der Waals surface area contributed by atoms with E-state index in [-0.39, 0.29) is 0 Å². The van der Waals surface area contributed by atoms with Gasteiger partial charge in [-0.15, -0.1) is 0 Å². The monoisotopic (exact) mass is 277 g/mol. The summed E-state index contributed by atoms with van der Waals surface area (Å²) < 4.78 is 0. The maximum atomic E-state index is 3.75. The molecule has 0 bridgehead atoms. The number of fused-ring (bicyclic) bond motifs is 1. The third kappa shape index (κ3) is 4.00. The number of hydrogen-bond acceptors (Lipinski definition) is 2. The molecule has 1 nitrogen and oxygen atoms in total. The molecule has 106 valence electrons. The molecule has 1 N–H and O–H groups in total. The van der Waals surface area contributed by atoms with Crippen molar-refractivity contribution in [2.75, 3.05) is 18.6 Å². The van der Waals surface area contributed by atoms with Crippen LogP contribution in [0.3, 0.4) is 0 Å². The van der Waals surface area contributed by atoms with Crippen molar-refractivity contribution in [1.82, 2.24) is 5.32 Å². The number of rotatable bonds is 6. The second-order valence-electron chi connectivity index (χ2n) is 5.52. The molecule has 0 heterocycles. The Morgan fingerprint density at radius 2 is 2.16 bits per heavy atom. The predicted molar refractivity (Wildman–Crippen MR) is 86.9 cm³/mol. The lowest BCUT2D eigenvalue weighted by Crippen LogP contribution is -2.28. The molecule has 1 aliphatic carbocycles. The lowest BCUT2D eigenvalue weighted by Gasteiger charge is -2.27. The largest absolute Gasteiger partial charge is 0.310 e. The summed E-state index contributed by atoms with van der Waals surface area (Å²) in [6.07, 6.45) is 8.92. The van der Waals surface area contributed by atoms with Crippen LogP contribution in [0.1, 0.15) is 49.8 Å². The van der Waals surface area contributed by atoms with Gasteiger partial charge in [0.15, 0.2) is 0 Å². The summed E-state index contributed by atoms with van der Waals surface area (Å²) in [5.74, 6) is 2.12. The lowest BCUT2D eigenvalue weighted by molar-refractivity contribution is 0.327. The second-order valence-corrected chi connectivity index (χ2v) is 6.51. The summed E-state index contributed by atoms with van der Waals surface area (Å²) in [5.41, 5.74) is 3.14. The summed E-state index contributed by atoms with van der Waals surface area (Å²) in [6, 6.07) is 9.63. The maximum Gasteiger partial charge on any atom is 0.0351 e. The van der Waals surface area contributed by atoms with Crippen molar-refractivity contribution in [2.45, 2.75) is 45.1 Å². The highest BCUT2D eigenvalue weighted by atomic mass is 32.2. The van der Waals surface area contributed by atoms with Crippen molar-refractivity contribution >= 4 is 11.8 Å². The average Bonchev–Trinajstić information content (AvgIpc) is 2.60. The van der Waals surface area contributed by atoms with Gasteiger partial charge >= 0.3 is 0 Å². The molecule has 0 spiro atoms. The van der Waals surface area contributed by atoms with Gasteiger partial charge in [-0.25, -0.2) is 0 Å². The third-order valence-corrected chi connectivity index (χ3v) is 4.93. The number of benzene rings is 1. The van der Waals surface area contributed by atoms with Crippen LogP contribution in [-0.2, 0) is 6.42 Å². The molecule has 0 aliphatic heterocycles. The van der Waals surface area contributed by atoms with Crippen molar-refractivity contribution in [3.05, 3.63) is 35.4 Å². The minimum Gasteiger partial charge on any atom is -0.310 e. The molecular weight excluding hydrogens is 250 g/mol. The lowest BCUT2D eigenvalue weighted by atomic mass is 9.87. The van der Waals surface area contributed by atoms with Gasteiger partial charge < -0.3 is 5.32 Å². The Balaban J connectivity index is 2.14. The van der Waals surface area contributed by atoms with Crippen molar-refractivity contribution in [3.8, 4) is 0 Å². The number of hydrogen-bond donors (Lipinski definition) is 1. The number of thioether (sulfide) groups is 1. The fraction of sp³-hybridized carbons (Fsp3) is 0.647. The molecule has 1 aromatic rings. The normalized spacial score (nSPS) is 22.8. The van der Waals surface area contributed by atoms with Crippen molar-refractivity contribution in [1.29, 1.82) is 0 Å². The summed E-state index contributed by atoms with van der Waals surface area (Å²) in [4.78, 5) is 0. The van der Waals surface area contributed by atoms with E-state index in [0.717, 1.165) is 12.5 Å². The van der Waals surface area contributed by atoms with Gasteiger partial charge in [-0.3, -0.25) is 0 Å². The first-order valence-electron chi connectivity index (χ1n) is 7.67. The quantitative estimate of drug-likeness (QED) is 0.609. The molecule has 0 aromatic heterocycles. The minimum atomic E-state index is 0.575. The van der Waals surface area contributed by atoms with E-state index < -0.39 is 0 Å². The Hall–Kier alpha value is -0.470. The number of nitrogens with one attached hydrogen (secondary N) is 1. The zero-order valence-corrected chi connectivity index (χ0v) is 13.1. The zero-order valence-electron chi connectivity index (χ0n) is 12.3. The standard InChI is InChI=1S/C17H27NS/c1-3-18-17-15(11-7-13-19-2)10-6-9-14-8-4-5-12-16(14)17/h4-5,8,12,15,17-18H,3,6-7,9-11,13H2,1-2H3. The summed E-state index contributed by atoms with van der Waals surface area (Å²) in [7, 11) is 0. The Kier molecular flexibility index (Phi) is 6.25. The van der Waals surface area contributed by atoms with Gasteiger partial charge in [-0.2, -0.15) is 11.8 Å². The maximum absolute atomic E-state index is 3.75. The average molecular weight is 277 g/mol. The van der Waals surface area contributed by atoms with Gasteiger partial charge in [0.25, 0.3) is 0 Å². The van der Waals surface area contributed by atoms with Gasteiger partial charge in [0.1, 0.15) is 0 Å². The Bertz CT molecular complexity index is 377. The van der Waals surface area contributed by atoms with Gasteiger partial charge in [0, 0.05) is 6.04 Å². The molecule has 0 radical (unpaired) electrons. The molecule has 2 rings (SSSR count). The molecule has 1 aromatic carbocycles. The molecular formula is C17H27NS. The smallest absolute Gasteiger partial charge is 0.0351 e. The van der Waals surface area contributed by atoms with Crippen molar-refractivity contribution in [2.24, 2.45) is 5.92 Å². The van der Waals surface area contributed by atoms with Crippen LogP contribution in [0.2, 0.25) is 0 Å². The van der Waals surface area contributed by atoms with Gasteiger partial charge in [0.2, 0.25) is 0 Å². The zero-order chi connectivity index (χ0) is 13.5. The van der Waals surface area contributed by atoms with E-state index in [1.807, 2.05) is 11.8 Å². The Morgan fingerprint density at radius 1 is 1.32 bits per heavy atom. The van der Waals surface area contributed by atoms with Crippen molar-refractivity contribution in [3.63, 3.8) is 0 Å². The van der Waals surface area contributed by atoms with E-state index in [1.54, 1.807) is 11.1 Å². The highest BCUT2D eigenvalue weighted by Crippen LogP contribution is 2.35. The second kappa shape index (κ2) is 7.96. The van der Waals surface area contributed by atoms with Crippen LogP contribution in [0.5, 0.6) is 0 Å². The first-order chi connectivity index (χ1) is 9.36. The molecule has 19 heavy (non-hydrogen) atoms. The number of aryl methyl sites for hydroxylation is 1. The molecule has 0 saturated heterocycles. The highest BCUT2D eigenvalue weighted by molar-refractivity contribution is 7.98. The van der Waals surface area contributed by atoms with Crippen LogP contribution >= 0.6 is 11.8 Å². The first-order valence-corrected chi connectivity index (χ1v) is 9.06. The van der Waals surface area contributed by atoms with Gasteiger partial charge in [-0.1, -0.05) is 31.2 Å². The van der Waals surface area contributed by atoms with Crippen LogP contribution < -0.4 is 5.32 Å². The van der Waals surface area contributed by atoms with E-state index in [4.69, 9.17) is 0 Å². The molecule has 0 saturated carbocycles. The fourth-order valence-corrected chi connectivity index (χ4v) is 3.79. The van der Waals surface area contributed by atoms with Crippen LogP contribution in [0.15, 0.2) is 24.3 Å². The predicted octanol–water partition coefficient (Wildman–Crippen LogP) is 4.43. The fourth-order valence-electron chi connectivity index (χ4n) is 3.34. The van der Waals surface area contributed by atoms with E-state index in [9.17, 15) is 0 Å². The Morgan fingerprint density at radius 3 is 2.95 bits per heavy atom. The van der Waals surface area contributed by atoms with Crippen molar-refractivity contribution < 1.29 is 0 Å². The van der Waals surface area contributed by atoms with Gasteiger partial charge in [0.05, 0.1) is 0 Å². The first kappa shape index (κ1) is 14.9. The van der Waals surface area contributed by atoms with Crippen LogP contribution in [-0.4, -0.2) is 18.6 Å². The molecule has 2 unspecified atom stereocenters. The van der Waals surface area contributed by atoms with Crippen LogP contribution in [0.4, 0.5) is 0 Å².